The van der Waals surface area contributed by atoms with Crippen molar-refractivity contribution in [1.29, 1.82) is 0 Å². The van der Waals surface area contributed by atoms with Crippen LogP contribution in [0.2, 0.25) is 10.0 Å². The number of nitrogens with zero attached hydrogens (tertiary/aromatic N) is 6. The van der Waals surface area contributed by atoms with Crippen LogP contribution in [0.3, 0.4) is 0 Å². The molecule has 10 heteroatoms. The highest BCUT2D eigenvalue weighted by Gasteiger charge is 2.25. The number of amides is 1. The van der Waals surface area contributed by atoms with Crippen LogP contribution in [0.1, 0.15) is 27.4 Å². The van der Waals surface area contributed by atoms with Gasteiger partial charge in [-0.1, -0.05) is 29.3 Å². The summed E-state index contributed by atoms with van der Waals surface area (Å²) in [4.78, 5) is 16.7. The van der Waals surface area contributed by atoms with E-state index >= 15 is 0 Å². The smallest absolute Gasteiger partial charge is 0.274 e. The van der Waals surface area contributed by atoms with Crippen molar-refractivity contribution in [2.75, 3.05) is 26.2 Å². The molecule has 1 saturated heterocycles. The summed E-state index contributed by atoms with van der Waals surface area (Å²) in [6.07, 6.45) is 1.76. The van der Waals surface area contributed by atoms with Gasteiger partial charge in [0.2, 0.25) is 0 Å². The molecule has 0 spiro atoms. The van der Waals surface area contributed by atoms with E-state index in [0.717, 1.165) is 11.4 Å². The predicted molar refractivity (Wildman–Crippen MR) is 117 cm³/mol. The number of aryl methyl sites for hydroxylation is 1. The first-order valence-corrected chi connectivity index (χ1v) is 10.8. The Kier molecular flexibility index (Phi) is 6.31. The summed E-state index contributed by atoms with van der Waals surface area (Å²) in [7, 11) is 0. The lowest BCUT2D eigenvalue weighted by molar-refractivity contribution is 0.0620. The second-order valence-corrected chi connectivity index (χ2v) is 8.42. The van der Waals surface area contributed by atoms with Crippen molar-refractivity contribution in [1.82, 2.24) is 29.4 Å². The summed E-state index contributed by atoms with van der Waals surface area (Å²) in [6, 6.07) is 6.41. The fourth-order valence-corrected chi connectivity index (χ4v) is 4.04. The topological polar surface area (TPSA) is 59.2 Å². The molecule has 2 aromatic heterocycles. The molecule has 1 amide bonds. The molecule has 1 aliphatic rings. The van der Waals surface area contributed by atoms with Gasteiger partial charge in [0, 0.05) is 49.5 Å². The van der Waals surface area contributed by atoms with Gasteiger partial charge in [-0.15, -0.1) is 0 Å². The summed E-state index contributed by atoms with van der Waals surface area (Å²) in [5.41, 5.74) is 2.50. The standard InChI is InChI=1S/C21H23Cl2FN6O/c1-14-20(23)15(2)30(25-14)13-29-7-6-19(26-29)21(31)28-10-8-27(9-11-28)12-16-17(22)4-3-5-18(16)24/h3-7H,8-13H2,1-2H3. The molecule has 1 aromatic carbocycles. The Labute approximate surface area is 189 Å². The van der Waals surface area contributed by atoms with Crippen LogP contribution in [0.5, 0.6) is 0 Å². The Morgan fingerprint density at radius 3 is 2.48 bits per heavy atom. The van der Waals surface area contributed by atoms with Gasteiger partial charge in [0.1, 0.15) is 18.2 Å². The molecule has 164 valence electrons. The molecule has 0 atom stereocenters. The van der Waals surface area contributed by atoms with Crippen LogP contribution in [0.15, 0.2) is 30.5 Å². The fraction of sp³-hybridized carbons (Fsp3) is 0.381. The zero-order valence-corrected chi connectivity index (χ0v) is 18.9. The zero-order chi connectivity index (χ0) is 22.1. The van der Waals surface area contributed by atoms with E-state index in [2.05, 4.69) is 15.1 Å². The van der Waals surface area contributed by atoms with E-state index < -0.39 is 0 Å². The van der Waals surface area contributed by atoms with Crippen molar-refractivity contribution in [3.63, 3.8) is 0 Å². The molecule has 7 nitrogen and oxygen atoms in total. The SMILES string of the molecule is Cc1nn(Cn2ccc(C(=O)N3CCN(Cc4c(F)cccc4Cl)CC3)n2)c(C)c1Cl. The summed E-state index contributed by atoms with van der Waals surface area (Å²) in [5.74, 6) is -0.422. The molecule has 31 heavy (non-hydrogen) atoms. The first kappa shape index (κ1) is 21.8. The molecule has 4 rings (SSSR count). The Morgan fingerprint density at radius 1 is 1.10 bits per heavy atom. The third-order valence-corrected chi connectivity index (χ3v) is 6.44. The van der Waals surface area contributed by atoms with E-state index in [9.17, 15) is 9.18 Å². The van der Waals surface area contributed by atoms with Gasteiger partial charge in [-0.25, -0.2) is 9.07 Å². The van der Waals surface area contributed by atoms with Gasteiger partial charge in [0.25, 0.3) is 5.91 Å². The summed E-state index contributed by atoms with van der Waals surface area (Å²) in [6.45, 7) is 6.92. The average molecular weight is 465 g/mol. The molecular weight excluding hydrogens is 442 g/mol. The fourth-order valence-electron chi connectivity index (χ4n) is 3.68. The molecule has 3 heterocycles. The first-order valence-electron chi connectivity index (χ1n) is 10.0. The zero-order valence-electron chi connectivity index (χ0n) is 17.4. The van der Waals surface area contributed by atoms with Crippen molar-refractivity contribution in [2.45, 2.75) is 27.1 Å². The lowest BCUT2D eigenvalue weighted by Crippen LogP contribution is -2.48. The molecular formula is C21H23Cl2FN6O. The maximum atomic E-state index is 14.0. The highest BCUT2D eigenvalue weighted by Crippen LogP contribution is 2.22. The van der Waals surface area contributed by atoms with E-state index in [0.29, 0.717) is 60.7 Å². The van der Waals surface area contributed by atoms with Crippen LogP contribution in [-0.4, -0.2) is 61.4 Å². The first-order chi connectivity index (χ1) is 14.8. The van der Waals surface area contributed by atoms with Crippen molar-refractivity contribution in [2.24, 2.45) is 0 Å². The van der Waals surface area contributed by atoms with Gasteiger partial charge in [0.15, 0.2) is 0 Å². The lowest BCUT2D eigenvalue weighted by atomic mass is 10.1. The van der Waals surface area contributed by atoms with Crippen LogP contribution in [0.4, 0.5) is 4.39 Å². The highest BCUT2D eigenvalue weighted by atomic mass is 35.5. The monoisotopic (exact) mass is 464 g/mol. The number of piperazine rings is 1. The minimum Gasteiger partial charge on any atom is -0.335 e. The Hall–Kier alpha value is -2.42. The van der Waals surface area contributed by atoms with Gasteiger partial charge < -0.3 is 4.90 Å². The second kappa shape index (κ2) is 8.98. The Morgan fingerprint density at radius 2 is 1.84 bits per heavy atom. The number of halogens is 3. The molecule has 3 aromatic rings. The maximum Gasteiger partial charge on any atom is 0.274 e. The number of carbonyl (C=O) groups is 1. The summed E-state index contributed by atoms with van der Waals surface area (Å²) < 4.78 is 17.5. The molecule has 0 N–H and O–H groups in total. The minimum atomic E-state index is -0.305. The van der Waals surface area contributed by atoms with Crippen LogP contribution in [0.25, 0.3) is 0 Å². The lowest BCUT2D eigenvalue weighted by Gasteiger charge is -2.34. The number of rotatable bonds is 5. The molecule has 0 aliphatic carbocycles. The van der Waals surface area contributed by atoms with Crippen LogP contribution in [-0.2, 0) is 13.2 Å². The molecule has 0 bridgehead atoms. The molecule has 0 radical (unpaired) electrons. The number of carbonyl (C=O) groups excluding carboxylic acids is 1. The number of hydrogen-bond donors (Lipinski definition) is 0. The van der Waals surface area contributed by atoms with E-state index in [4.69, 9.17) is 23.2 Å². The van der Waals surface area contributed by atoms with Gasteiger partial charge in [-0.2, -0.15) is 10.2 Å². The molecule has 0 saturated carbocycles. The van der Waals surface area contributed by atoms with Gasteiger partial charge in [0.05, 0.1) is 16.4 Å². The maximum absolute atomic E-state index is 14.0. The largest absolute Gasteiger partial charge is 0.335 e. The van der Waals surface area contributed by atoms with Crippen molar-refractivity contribution < 1.29 is 9.18 Å². The number of benzene rings is 1. The van der Waals surface area contributed by atoms with Crippen molar-refractivity contribution in [3.05, 3.63) is 69.0 Å². The Balaban J connectivity index is 1.35. The van der Waals surface area contributed by atoms with Gasteiger partial charge in [-0.3, -0.25) is 14.4 Å². The quantitative estimate of drug-likeness (QED) is 0.578. The summed E-state index contributed by atoms with van der Waals surface area (Å²) in [5, 5.41) is 9.86. The second-order valence-electron chi connectivity index (χ2n) is 7.63. The number of hydrogen-bond acceptors (Lipinski definition) is 4. The highest BCUT2D eigenvalue weighted by molar-refractivity contribution is 6.32. The van der Waals surface area contributed by atoms with Crippen molar-refractivity contribution >= 4 is 29.1 Å². The van der Waals surface area contributed by atoms with Gasteiger partial charge >= 0.3 is 0 Å². The minimum absolute atomic E-state index is 0.117. The van der Waals surface area contributed by atoms with Crippen molar-refractivity contribution in [3.8, 4) is 0 Å². The third-order valence-electron chi connectivity index (χ3n) is 5.53. The Bertz CT molecular complexity index is 1080. The molecule has 1 fully saturated rings. The number of aromatic nitrogens is 4. The van der Waals surface area contributed by atoms with E-state index in [1.54, 1.807) is 38.7 Å². The third kappa shape index (κ3) is 4.61. The van der Waals surface area contributed by atoms with Crippen LogP contribution < -0.4 is 0 Å². The van der Waals surface area contributed by atoms with E-state index in [1.807, 2.05) is 13.8 Å². The average Bonchev–Trinajstić information content (AvgIpc) is 3.32. The predicted octanol–water partition coefficient (Wildman–Crippen LogP) is 3.61. The molecule has 1 aliphatic heterocycles. The van der Waals surface area contributed by atoms with Gasteiger partial charge in [-0.05, 0) is 32.0 Å². The van der Waals surface area contributed by atoms with Crippen LogP contribution >= 0.6 is 23.2 Å². The van der Waals surface area contributed by atoms with E-state index in [-0.39, 0.29) is 11.7 Å². The normalized spacial score (nSPS) is 14.9. The summed E-state index contributed by atoms with van der Waals surface area (Å²) >= 11 is 12.3. The van der Waals surface area contributed by atoms with E-state index in [1.165, 1.54) is 6.07 Å². The molecule has 0 unspecified atom stereocenters. The van der Waals surface area contributed by atoms with Crippen LogP contribution in [0, 0.1) is 19.7 Å².